The number of hydrogen-bond donors (Lipinski definition) is 0. The van der Waals surface area contributed by atoms with Gasteiger partial charge >= 0.3 is 0 Å². The molecule has 0 aromatic heterocycles. The van der Waals surface area contributed by atoms with E-state index in [1.54, 1.807) is 0 Å². The lowest BCUT2D eigenvalue weighted by atomic mass is 10.4. The van der Waals surface area contributed by atoms with Gasteiger partial charge in [0, 0.05) is 6.54 Å². The Labute approximate surface area is 89.2 Å². The smallest absolute Gasteiger partial charge is 0.208 e. The van der Waals surface area contributed by atoms with Crippen LogP contribution in [-0.4, -0.2) is 29.4 Å². The molecule has 0 N–H and O–H groups in total. The zero-order valence-corrected chi connectivity index (χ0v) is 9.05. The summed E-state index contributed by atoms with van der Waals surface area (Å²) < 4.78 is 0. The van der Waals surface area contributed by atoms with Crippen molar-refractivity contribution in [2.45, 2.75) is 12.8 Å². The summed E-state index contributed by atoms with van der Waals surface area (Å²) in [5.74, 6) is 3.35. The fourth-order valence-electron chi connectivity index (χ4n) is 1.22. The van der Waals surface area contributed by atoms with Gasteiger partial charge in [-0.05, 0) is 25.0 Å². The molecule has 0 spiro atoms. The Hall–Kier alpha value is -1.13. The molecule has 0 atom stereocenters. The molecule has 0 saturated heterocycles. The minimum Gasteiger partial charge on any atom is -0.339 e. The van der Waals surface area contributed by atoms with Gasteiger partial charge in [-0.3, -0.25) is 0 Å². The Morgan fingerprint density at radius 1 is 1.71 bits per heavy atom. The second-order valence-corrected chi connectivity index (χ2v) is 4.00. The first-order valence-electron chi connectivity index (χ1n) is 4.51. The minimum atomic E-state index is 0.540. The Balaban J connectivity index is 2.59. The third kappa shape index (κ3) is 3.32. The third-order valence-corrected chi connectivity index (χ3v) is 2.77. The largest absolute Gasteiger partial charge is 0.339 e. The maximum atomic E-state index is 8.51. The molecule has 1 aliphatic carbocycles. The molecule has 0 amide bonds. The molecule has 1 saturated carbocycles. The summed E-state index contributed by atoms with van der Waals surface area (Å²) in [6.45, 7) is 1.48. The maximum Gasteiger partial charge on any atom is 0.208 e. The fraction of sp³-hybridized carbons (Fsp3) is 0.600. The first kappa shape index (κ1) is 10.9. The molecule has 3 nitrogen and oxygen atoms in total. The summed E-state index contributed by atoms with van der Waals surface area (Å²) in [6, 6.07) is 0. The van der Waals surface area contributed by atoms with Crippen molar-refractivity contribution in [2.24, 2.45) is 10.9 Å². The summed E-state index contributed by atoms with van der Waals surface area (Å²) in [4.78, 5) is 5.76. The zero-order valence-electron chi connectivity index (χ0n) is 8.23. The van der Waals surface area contributed by atoms with Crippen molar-refractivity contribution in [3.05, 3.63) is 0 Å². The van der Waals surface area contributed by atoms with E-state index in [0.29, 0.717) is 6.54 Å². The Morgan fingerprint density at radius 3 is 2.86 bits per heavy atom. The predicted octanol–water partition coefficient (Wildman–Crippen LogP) is 1.53. The number of amidine groups is 1. The van der Waals surface area contributed by atoms with Crippen LogP contribution in [0.25, 0.3) is 0 Å². The summed E-state index contributed by atoms with van der Waals surface area (Å²) in [5, 5.41) is 9.24. The van der Waals surface area contributed by atoms with Gasteiger partial charge in [0.25, 0.3) is 0 Å². The van der Waals surface area contributed by atoms with Crippen LogP contribution in [0.4, 0.5) is 0 Å². The molecule has 0 heterocycles. The van der Waals surface area contributed by atoms with Crippen molar-refractivity contribution in [3.63, 3.8) is 0 Å². The second kappa shape index (κ2) is 5.57. The number of thioether (sulfide) groups is 1. The number of nitriles is 1. The highest BCUT2D eigenvalue weighted by Crippen LogP contribution is 2.30. The number of aliphatic imine (C=N–C) groups is 1. The highest BCUT2D eigenvalue weighted by atomic mass is 32.2. The van der Waals surface area contributed by atoms with E-state index in [2.05, 4.69) is 10.9 Å². The van der Waals surface area contributed by atoms with Crippen LogP contribution in [0.3, 0.4) is 0 Å². The quantitative estimate of drug-likeness (QED) is 0.305. The van der Waals surface area contributed by atoms with Crippen LogP contribution in [0, 0.1) is 29.7 Å². The summed E-state index contributed by atoms with van der Waals surface area (Å²) in [6.07, 6.45) is 11.5. The number of nitrogens with zero attached hydrogens (tertiary/aromatic N) is 3. The second-order valence-electron chi connectivity index (χ2n) is 3.23. The minimum absolute atomic E-state index is 0.540. The van der Waals surface area contributed by atoms with Gasteiger partial charge in [0.2, 0.25) is 6.19 Å². The molecule has 0 unspecified atom stereocenters. The molecule has 0 aromatic rings. The molecule has 14 heavy (non-hydrogen) atoms. The van der Waals surface area contributed by atoms with Gasteiger partial charge in [0.1, 0.15) is 0 Å². The van der Waals surface area contributed by atoms with Crippen LogP contribution in [-0.2, 0) is 0 Å². The lowest BCUT2D eigenvalue weighted by Crippen LogP contribution is -2.31. The molecule has 0 radical (unpaired) electrons. The molecule has 74 valence electrons. The van der Waals surface area contributed by atoms with Crippen molar-refractivity contribution >= 4 is 16.9 Å². The van der Waals surface area contributed by atoms with Crippen LogP contribution >= 0.6 is 11.8 Å². The first-order valence-corrected chi connectivity index (χ1v) is 5.73. The van der Waals surface area contributed by atoms with Gasteiger partial charge in [-0.25, -0.2) is 0 Å². The molecule has 0 aliphatic heterocycles. The summed E-state index contributed by atoms with van der Waals surface area (Å²) in [7, 11) is 0. The Bertz CT molecular complexity index is 293. The fourth-order valence-corrected chi connectivity index (χ4v) is 1.75. The average molecular weight is 207 g/mol. The van der Waals surface area contributed by atoms with Gasteiger partial charge in [0.05, 0.1) is 6.54 Å². The molecule has 1 aliphatic rings. The molecule has 0 aromatic carbocycles. The first-order chi connectivity index (χ1) is 6.81. The standard InChI is InChI=1S/C10H13N3S/c1-3-6-13(7-9-4-5-9)10(14-2)12-8-11/h1,9H,4-7H2,2H3. The van der Waals surface area contributed by atoms with E-state index in [-0.39, 0.29) is 0 Å². The van der Waals surface area contributed by atoms with E-state index in [1.165, 1.54) is 24.6 Å². The number of rotatable bonds is 3. The van der Waals surface area contributed by atoms with Crippen molar-refractivity contribution in [2.75, 3.05) is 19.3 Å². The van der Waals surface area contributed by atoms with E-state index in [0.717, 1.165) is 17.6 Å². The zero-order chi connectivity index (χ0) is 10.4. The predicted molar refractivity (Wildman–Crippen MR) is 59.7 cm³/mol. The highest BCUT2D eigenvalue weighted by Gasteiger charge is 2.25. The van der Waals surface area contributed by atoms with Crippen molar-refractivity contribution < 1.29 is 0 Å². The van der Waals surface area contributed by atoms with Gasteiger partial charge < -0.3 is 4.90 Å². The lowest BCUT2D eigenvalue weighted by molar-refractivity contribution is 0.452. The summed E-state index contributed by atoms with van der Waals surface area (Å²) >= 11 is 1.47. The van der Waals surface area contributed by atoms with E-state index >= 15 is 0 Å². The van der Waals surface area contributed by atoms with Crippen LogP contribution in [0.5, 0.6) is 0 Å². The third-order valence-electron chi connectivity index (χ3n) is 2.06. The maximum absolute atomic E-state index is 8.51. The number of hydrogen-bond acceptors (Lipinski definition) is 3. The Kier molecular flexibility index (Phi) is 4.35. The van der Waals surface area contributed by atoms with Crippen LogP contribution in [0.15, 0.2) is 4.99 Å². The van der Waals surface area contributed by atoms with Gasteiger partial charge in [-0.2, -0.15) is 5.26 Å². The van der Waals surface area contributed by atoms with Crippen LogP contribution < -0.4 is 0 Å². The molecule has 4 heteroatoms. The van der Waals surface area contributed by atoms with E-state index in [9.17, 15) is 0 Å². The van der Waals surface area contributed by atoms with Crippen molar-refractivity contribution in [1.29, 1.82) is 5.26 Å². The topological polar surface area (TPSA) is 39.4 Å². The molecular weight excluding hydrogens is 194 g/mol. The van der Waals surface area contributed by atoms with Gasteiger partial charge in [-0.1, -0.05) is 17.7 Å². The molecule has 0 bridgehead atoms. The van der Waals surface area contributed by atoms with E-state index < -0.39 is 0 Å². The van der Waals surface area contributed by atoms with E-state index in [1.807, 2.05) is 17.3 Å². The van der Waals surface area contributed by atoms with E-state index in [4.69, 9.17) is 11.7 Å². The Morgan fingerprint density at radius 2 is 2.43 bits per heavy atom. The normalized spacial score (nSPS) is 15.8. The SMILES string of the molecule is C#CCN(CC1CC1)C(=NC#N)SC. The summed E-state index contributed by atoms with van der Waals surface area (Å²) in [5.41, 5.74) is 0. The van der Waals surface area contributed by atoms with Crippen molar-refractivity contribution in [1.82, 2.24) is 4.90 Å². The highest BCUT2D eigenvalue weighted by molar-refractivity contribution is 8.13. The molecule has 1 fully saturated rings. The average Bonchev–Trinajstić information content (AvgIpc) is 2.97. The van der Waals surface area contributed by atoms with Crippen LogP contribution in [0.2, 0.25) is 0 Å². The lowest BCUT2D eigenvalue weighted by Gasteiger charge is -2.21. The monoisotopic (exact) mass is 207 g/mol. The van der Waals surface area contributed by atoms with Crippen molar-refractivity contribution in [3.8, 4) is 18.5 Å². The molecule has 1 rings (SSSR count). The van der Waals surface area contributed by atoms with Gasteiger partial charge in [-0.15, -0.1) is 11.4 Å². The van der Waals surface area contributed by atoms with Crippen LogP contribution in [0.1, 0.15) is 12.8 Å². The molecular formula is C10H13N3S. The number of terminal acetylenes is 1. The van der Waals surface area contributed by atoms with Gasteiger partial charge in [0.15, 0.2) is 5.17 Å².